The Morgan fingerprint density at radius 2 is 1.82 bits per heavy atom. The summed E-state index contributed by atoms with van der Waals surface area (Å²) in [5, 5.41) is 13.3. The van der Waals surface area contributed by atoms with E-state index in [-0.39, 0.29) is 5.25 Å². The van der Waals surface area contributed by atoms with E-state index in [2.05, 4.69) is 78.8 Å². The summed E-state index contributed by atoms with van der Waals surface area (Å²) < 4.78 is 1.82. The molecule has 1 aromatic heterocycles. The second-order valence-corrected chi connectivity index (χ2v) is 6.64. The summed E-state index contributed by atoms with van der Waals surface area (Å²) in [6.45, 7) is 6.34. The summed E-state index contributed by atoms with van der Waals surface area (Å²) in [7, 11) is 0. The number of hydrogen-bond donors (Lipinski definition) is 0. The van der Waals surface area contributed by atoms with Crippen molar-refractivity contribution >= 4 is 11.8 Å². The Balaban J connectivity index is 1.89. The number of thioether (sulfide) groups is 1. The van der Waals surface area contributed by atoms with E-state index in [0.29, 0.717) is 0 Å². The van der Waals surface area contributed by atoms with Crippen molar-refractivity contribution in [3.05, 3.63) is 65.2 Å². The normalized spacial score (nSPS) is 12.3. The summed E-state index contributed by atoms with van der Waals surface area (Å²) >= 11 is 1.66. The third-order valence-electron chi connectivity index (χ3n) is 3.57. The first-order valence-corrected chi connectivity index (χ1v) is 8.11. The first-order valence-electron chi connectivity index (χ1n) is 7.23. The summed E-state index contributed by atoms with van der Waals surface area (Å²) in [5.74, 6) is 0. The lowest BCUT2D eigenvalue weighted by Gasteiger charge is -2.12. The van der Waals surface area contributed by atoms with Gasteiger partial charge >= 0.3 is 0 Å². The molecule has 0 aliphatic rings. The van der Waals surface area contributed by atoms with Crippen molar-refractivity contribution in [2.24, 2.45) is 0 Å². The van der Waals surface area contributed by atoms with Gasteiger partial charge in [0.25, 0.3) is 0 Å². The Morgan fingerprint density at radius 3 is 2.55 bits per heavy atom. The quantitative estimate of drug-likeness (QED) is 0.680. The fourth-order valence-electron chi connectivity index (χ4n) is 2.40. The largest absolute Gasteiger partial charge is 0.214 e. The summed E-state index contributed by atoms with van der Waals surface area (Å²) in [4.78, 5) is 0. The van der Waals surface area contributed by atoms with Gasteiger partial charge in [-0.25, -0.2) is 0 Å². The Kier molecular flexibility index (Phi) is 4.24. The monoisotopic (exact) mass is 310 g/mol. The smallest absolute Gasteiger partial charge is 0.187 e. The van der Waals surface area contributed by atoms with Gasteiger partial charge in [0.1, 0.15) is 0 Å². The topological polar surface area (TPSA) is 43.6 Å². The molecule has 0 N–H and O–H groups in total. The average Bonchev–Trinajstić information content (AvgIpc) is 2.96. The molecular formula is C17H18N4S. The Hall–Kier alpha value is -2.14. The maximum Gasteiger partial charge on any atom is 0.214 e. The van der Waals surface area contributed by atoms with Crippen LogP contribution in [0.2, 0.25) is 0 Å². The van der Waals surface area contributed by atoms with E-state index < -0.39 is 0 Å². The molecule has 0 bridgehead atoms. The minimum Gasteiger partial charge on any atom is -0.187 e. The molecule has 1 heterocycles. The van der Waals surface area contributed by atoms with Crippen molar-refractivity contribution in [1.82, 2.24) is 20.2 Å². The lowest BCUT2D eigenvalue weighted by atomic mass is 10.1. The molecular weight excluding hydrogens is 292 g/mol. The molecule has 3 rings (SSSR count). The van der Waals surface area contributed by atoms with Crippen molar-refractivity contribution < 1.29 is 0 Å². The number of nitrogens with zero attached hydrogens (tertiary/aromatic N) is 4. The minimum absolute atomic E-state index is 0.289. The fourth-order valence-corrected chi connectivity index (χ4v) is 3.32. The molecule has 0 fully saturated rings. The van der Waals surface area contributed by atoms with E-state index in [9.17, 15) is 0 Å². The van der Waals surface area contributed by atoms with Crippen LogP contribution in [0.3, 0.4) is 0 Å². The summed E-state index contributed by atoms with van der Waals surface area (Å²) in [6, 6.07) is 16.7. The zero-order valence-electron chi connectivity index (χ0n) is 12.9. The van der Waals surface area contributed by atoms with Gasteiger partial charge in [-0.2, -0.15) is 4.68 Å². The van der Waals surface area contributed by atoms with Gasteiger partial charge in [-0.1, -0.05) is 59.8 Å². The van der Waals surface area contributed by atoms with Crippen LogP contribution >= 0.6 is 11.8 Å². The van der Waals surface area contributed by atoms with Crippen LogP contribution in [0.1, 0.15) is 28.9 Å². The molecule has 1 unspecified atom stereocenters. The van der Waals surface area contributed by atoms with Crippen LogP contribution in [-0.4, -0.2) is 20.2 Å². The van der Waals surface area contributed by atoms with Crippen molar-refractivity contribution in [1.29, 1.82) is 0 Å². The number of rotatable bonds is 4. The molecule has 0 aliphatic heterocycles. The van der Waals surface area contributed by atoms with E-state index in [0.717, 1.165) is 10.8 Å². The van der Waals surface area contributed by atoms with Gasteiger partial charge in [0.15, 0.2) is 0 Å². The van der Waals surface area contributed by atoms with Crippen LogP contribution in [0.25, 0.3) is 5.69 Å². The molecule has 5 heteroatoms. The van der Waals surface area contributed by atoms with Crippen molar-refractivity contribution in [3.63, 3.8) is 0 Å². The second kappa shape index (κ2) is 6.32. The van der Waals surface area contributed by atoms with Gasteiger partial charge in [0.05, 0.1) is 5.69 Å². The lowest BCUT2D eigenvalue weighted by Crippen LogP contribution is -2.02. The predicted octanol–water partition coefficient (Wildman–Crippen LogP) is 4.13. The van der Waals surface area contributed by atoms with Crippen molar-refractivity contribution in [2.75, 3.05) is 0 Å². The van der Waals surface area contributed by atoms with Crippen molar-refractivity contribution in [3.8, 4) is 5.69 Å². The molecule has 112 valence electrons. The van der Waals surface area contributed by atoms with Crippen LogP contribution < -0.4 is 0 Å². The number of aryl methyl sites for hydroxylation is 2. The molecule has 4 nitrogen and oxygen atoms in total. The van der Waals surface area contributed by atoms with Gasteiger partial charge in [0, 0.05) is 5.25 Å². The molecule has 0 aliphatic carbocycles. The van der Waals surface area contributed by atoms with Crippen LogP contribution in [0.15, 0.2) is 53.7 Å². The molecule has 22 heavy (non-hydrogen) atoms. The van der Waals surface area contributed by atoms with E-state index in [4.69, 9.17) is 0 Å². The van der Waals surface area contributed by atoms with E-state index >= 15 is 0 Å². The highest BCUT2D eigenvalue weighted by molar-refractivity contribution is 7.99. The minimum atomic E-state index is 0.289. The van der Waals surface area contributed by atoms with Gasteiger partial charge < -0.3 is 0 Å². The molecule has 2 aromatic carbocycles. The SMILES string of the molecule is Cc1ccc(-n2nnnc2SC(C)c2ccccc2)c(C)c1. The zero-order valence-corrected chi connectivity index (χ0v) is 13.7. The molecule has 0 radical (unpaired) electrons. The Labute approximate surface area is 134 Å². The third kappa shape index (κ3) is 3.04. The highest BCUT2D eigenvalue weighted by atomic mass is 32.2. The molecule has 0 amide bonds. The molecule has 1 atom stereocenters. The molecule has 0 saturated carbocycles. The number of tetrazole rings is 1. The highest BCUT2D eigenvalue weighted by Gasteiger charge is 2.15. The van der Waals surface area contributed by atoms with E-state index in [1.165, 1.54) is 16.7 Å². The van der Waals surface area contributed by atoms with Crippen LogP contribution in [0.4, 0.5) is 0 Å². The third-order valence-corrected chi connectivity index (χ3v) is 4.66. The second-order valence-electron chi connectivity index (χ2n) is 5.33. The molecule has 0 spiro atoms. The first-order chi connectivity index (χ1) is 10.6. The van der Waals surface area contributed by atoms with Gasteiger partial charge in [-0.3, -0.25) is 0 Å². The Bertz CT molecular complexity index is 767. The van der Waals surface area contributed by atoms with Gasteiger partial charge in [-0.05, 0) is 48.4 Å². The Morgan fingerprint density at radius 1 is 1.05 bits per heavy atom. The van der Waals surface area contributed by atoms with Crippen LogP contribution in [0.5, 0.6) is 0 Å². The molecule has 0 saturated heterocycles. The maximum atomic E-state index is 4.19. The van der Waals surface area contributed by atoms with Crippen molar-refractivity contribution in [2.45, 2.75) is 31.2 Å². The zero-order chi connectivity index (χ0) is 15.5. The van der Waals surface area contributed by atoms with Gasteiger partial charge in [-0.15, -0.1) is 5.10 Å². The van der Waals surface area contributed by atoms with Gasteiger partial charge in [0.2, 0.25) is 5.16 Å². The highest BCUT2D eigenvalue weighted by Crippen LogP contribution is 2.34. The van der Waals surface area contributed by atoms with Crippen LogP contribution in [0, 0.1) is 13.8 Å². The first kappa shape index (κ1) is 14.8. The van der Waals surface area contributed by atoms with Crippen LogP contribution in [-0.2, 0) is 0 Å². The summed E-state index contributed by atoms with van der Waals surface area (Å²) in [5.41, 5.74) is 4.70. The molecule has 3 aromatic rings. The average molecular weight is 310 g/mol. The fraction of sp³-hybridized carbons (Fsp3) is 0.235. The summed E-state index contributed by atoms with van der Waals surface area (Å²) in [6.07, 6.45) is 0. The number of hydrogen-bond acceptors (Lipinski definition) is 4. The van der Waals surface area contributed by atoms with E-state index in [1.807, 2.05) is 10.7 Å². The maximum absolute atomic E-state index is 4.19. The van der Waals surface area contributed by atoms with E-state index in [1.54, 1.807) is 11.8 Å². The predicted molar refractivity (Wildman–Crippen MR) is 89.3 cm³/mol. The number of aromatic nitrogens is 4. The number of benzene rings is 2. The lowest BCUT2D eigenvalue weighted by molar-refractivity contribution is 0.750. The standard InChI is InChI=1S/C17H18N4S/c1-12-9-10-16(13(2)11-12)21-17(18-19-20-21)22-14(3)15-7-5-4-6-8-15/h4-11,14H,1-3H3.